The van der Waals surface area contributed by atoms with E-state index in [0.29, 0.717) is 37.1 Å². The van der Waals surface area contributed by atoms with Crippen molar-refractivity contribution in [2.45, 2.75) is 51.5 Å². The topological polar surface area (TPSA) is 92.5 Å². The molecule has 0 unspecified atom stereocenters. The maximum Gasteiger partial charge on any atom is 0.261 e. The van der Waals surface area contributed by atoms with Gasteiger partial charge in [-0.15, -0.1) is 11.3 Å². The Labute approximate surface area is 174 Å². The minimum Gasteiger partial charge on any atom is -0.326 e. The molecule has 29 heavy (non-hydrogen) atoms. The molecule has 2 aliphatic rings. The lowest BCUT2D eigenvalue weighted by Crippen LogP contribution is -2.30. The van der Waals surface area contributed by atoms with Crippen LogP contribution in [0.5, 0.6) is 0 Å². The van der Waals surface area contributed by atoms with Gasteiger partial charge < -0.3 is 11.1 Å². The Balaban J connectivity index is 1.21. The molecule has 1 aliphatic heterocycles. The van der Waals surface area contributed by atoms with Gasteiger partial charge in [0.05, 0.1) is 16.1 Å². The highest BCUT2D eigenvalue weighted by molar-refractivity contribution is 7.16. The number of nitrogens with one attached hydrogen (secondary N) is 1. The Hall–Kier alpha value is -2.51. The lowest BCUT2D eigenvalue weighted by Gasteiger charge is -2.13. The molecule has 0 radical (unpaired) electrons. The zero-order valence-electron chi connectivity index (χ0n) is 16.3. The molecular weight excluding hydrogens is 386 g/mol. The van der Waals surface area contributed by atoms with Crippen LogP contribution in [0.15, 0.2) is 24.3 Å². The number of hydrogen-bond donors (Lipinski definition) is 2. The highest BCUT2D eigenvalue weighted by atomic mass is 32.1. The second kappa shape index (κ2) is 8.47. The summed E-state index contributed by atoms with van der Waals surface area (Å²) in [5.41, 5.74) is 9.30. The summed E-state index contributed by atoms with van der Waals surface area (Å²) in [6.45, 7) is 0.852. The van der Waals surface area contributed by atoms with Crippen molar-refractivity contribution in [1.29, 1.82) is 0 Å². The van der Waals surface area contributed by atoms with Gasteiger partial charge in [-0.1, -0.05) is 18.6 Å². The third kappa shape index (κ3) is 3.84. The van der Waals surface area contributed by atoms with Crippen molar-refractivity contribution < 1.29 is 14.4 Å². The van der Waals surface area contributed by atoms with E-state index < -0.39 is 0 Å². The average Bonchev–Trinajstić information content (AvgIpc) is 3.36. The second-order valence-corrected chi connectivity index (χ2v) is 8.64. The summed E-state index contributed by atoms with van der Waals surface area (Å²) in [5.74, 6) is -0.438. The lowest BCUT2D eigenvalue weighted by atomic mass is 10.1. The summed E-state index contributed by atoms with van der Waals surface area (Å²) in [5, 5.41) is 3.94. The molecule has 0 atom stereocenters. The molecule has 3 amide bonds. The number of fused-ring (bicyclic) bond motifs is 2. The molecule has 4 rings (SSSR count). The largest absolute Gasteiger partial charge is 0.326 e. The normalized spacial score (nSPS) is 15.0. The fourth-order valence-electron chi connectivity index (χ4n) is 4.15. The summed E-state index contributed by atoms with van der Waals surface area (Å²) in [7, 11) is 0. The van der Waals surface area contributed by atoms with Crippen LogP contribution in [0.4, 0.5) is 5.00 Å². The first-order valence-corrected chi connectivity index (χ1v) is 11.0. The minimum absolute atomic E-state index is 0.000328. The van der Waals surface area contributed by atoms with E-state index in [1.54, 1.807) is 35.6 Å². The zero-order valence-corrected chi connectivity index (χ0v) is 17.1. The number of aryl methyl sites for hydroxylation is 1. The Kier molecular flexibility index (Phi) is 5.78. The van der Waals surface area contributed by atoms with Gasteiger partial charge in [0.1, 0.15) is 0 Å². The Morgan fingerprint density at radius 1 is 1.07 bits per heavy atom. The van der Waals surface area contributed by atoms with Gasteiger partial charge in [-0.25, -0.2) is 0 Å². The van der Waals surface area contributed by atoms with E-state index in [4.69, 9.17) is 5.73 Å². The molecule has 0 saturated heterocycles. The number of nitrogens with zero attached hydrogens (tertiary/aromatic N) is 1. The summed E-state index contributed by atoms with van der Waals surface area (Å²) in [6.07, 6.45) is 5.95. The SMILES string of the molecule is NCc1c(NC(=O)CCCCCN2C(=O)c3ccccc3C2=O)sc2c1CCC2. The van der Waals surface area contributed by atoms with E-state index in [1.165, 1.54) is 21.8 Å². The summed E-state index contributed by atoms with van der Waals surface area (Å²) >= 11 is 1.66. The number of thiophene rings is 1. The smallest absolute Gasteiger partial charge is 0.261 e. The van der Waals surface area contributed by atoms with Gasteiger partial charge in [0, 0.05) is 30.0 Å². The van der Waals surface area contributed by atoms with Crippen molar-refractivity contribution in [2.75, 3.05) is 11.9 Å². The van der Waals surface area contributed by atoms with Crippen LogP contribution in [-0.2, 0) is 24.2 Å². The lowest BCUT2D eigenvalue weighted by molar-refractivity contribution is -0.116. The molecule has 152 valence electrons. The molecule has 0 fully saturated rings. The van der Waals surface area contributed by atoms with Gasteiger partial charge in [0.15, 0.2) is 0 Å². The first kappa shape index (κ1) is 19.8. The zero-order chi connectivity index (χ0) is 20.4. The van der Waals surface area contributed by atoms with Crippen molar-refractivity contribution in [1.82, 2.24) is 4.90 Å². The Morgan fingerprint density at radius 3 is 2.48 bits per heavy atom. The number of amides is 3. The number of unbranched alkanes of at least 4 members (excludes halogenated alkanes) is 2. The first-order valence-electron chi connectivity index (χ1n) is 10.2. The van der Waals surface area contributed by atoms with Crippen molar-refractivity contribution in [3.05, 3.63) is 51.4 Å². The van der Waals surface area contributed by atoms with E-state index >= 15 is 0 Å². The fourth-order valence-corrected chi connectivity index (χ4v) is 5.49. The van der Waals surface area contributed by atoms with Gasteiger partial charge in [-0.3, -0.25) is 19.3 Å². The van der Waals surface area contributed by atoms with Crippen molar-refractivity contribution in [3.8, 4) is 0 Å². The van der Waals surface area contributed by atoms with Crippen molar-refractivity contribution >= 4 is 34.1 Å². The molecular formula is C22H25N3O3S. The summed E-state index contributed by atoms with van der Waals surface area (Å²) < 4.78 is 0. The number of anilines is 1. The number of carbonyl (C=O) groups excluding carboxylic acids is 3. The number of hydrogen-bond acceptors (Lipinski definition) is 5. The molecule has 7 heteroatoms. The average molecular weight is 412 g/mol. The third-order valence-electron chi connectivity index (χ3n) is 5.65. The molecule has 0 spiro atoms. The summed E-state index contributed by atoms with van der Waals surface area (Å²) in [6, 6.07) is 6.92. The minimum atomic E-state index is -0.219. The van der Waals surface area contributed by atoms with Crippen LogP contribution in [0, 0.1) is 0 Å². The molecule has 0 saturated carbocycles. The molecule has 3 N–H and O–H groups in total. The molecule has 6 nitrogen and oxygen atoms in total. The Morgan fingerprint density at radius 2 is 1.79 bits per heavy atom. The Bertz CT molecular complexity index is 931. The molecule has 2 aromatic rings. The van der Waals surface area contributed by atoms with Crippen LogP contribution in [0.25, 0.3) is 0 Å². The van der Waals surface area contributed by atoms with Gasteiger partial charge in [-0.05, 0) is 49.8 Å². The fraction of sp³-hybridized carbons (Fsp3) is 0.409. The van der Waals surface area contributed by atoms with Crippen molar-refractivity contribution in [2.24, 2.45) is 5.73 Å². The van der Waals surface area contributed by atoms with Crippen LogP contribution in [0.3, 0.4) is 0 Å². The predicted molar refractivity (Wildman–Crippen MR) is 113 cm³/mol. The van der Waals surface area contributed by atoms with Crippen LogP contribution < -0.4 is 11.1 Å². The molecule has 1 aliphatic carbocycles. The van der Waals surface area contributed by atoms with E-state index in [9.17, 15) is 14.4 Å². The van der Waals surface area contributed by atoms with Gasteiger partial charge in [-0.2, -0.15) is 0 Å². The monoisotopic (exact) mass is 411 g/mol. The summed E-state index contributed by atoms with van der Waals surface area (Å²) in [4.78, 5) is 39.7. The van der Waals surface area contributed by atoms with Gasteiger partial charge in [0.25, 0.3) is 11.8 Å². The first-order chi connectivity index (χ1) is 14.1. The second-order valence-electron chi connectivity index (χ2n) is 7.54. The van der Waals surface area contributed by atoms with Crippen molar-refractivity contribution in [3.63, 3.8) is 0 Å². The number of carbonyl (C=O) groups is 3. The third-order valence-corrected chi connectivity index (χ3v) is 6.90. The van der Waals surface area contributed by atoms with E-state index in [2.05, 4.69) is 5.32 Å². The standard InChI is InChI=1S/C22H25N3O3S/c23-13-17-14-9-6-10-18(14)29-20(17)24-19(26)11-2-1-5-12-25-21(27)15-7-3-4-8-16(15)22(25)28/h3-4,7-8H,1-2,5-6,9-13,23H2,(H,24,26). The number of imide groups is 1. The van der Waals surface area contributed by atoms with Crippen LogP contribution in [-0.4, -0.2) is 29.2 Å². The van der Waals surface area contributed by atoms with Crippen LogP contribution in [0.2, 0.25) is 0 Å². The molecule has 0 bridgehead atoms. The highest BCUT2D eigenvalue weighted by Gasteiger charge is 2.34. The van der Waals surface area contributed by atoms with E-state index in [-0.39, 0.29) is 17.7 Å². The van der Waals surface area contributed by atoms with E-state index in [0.717, 1.165) is 36.2 Å². The van der Waals surface area contributed by atoms with Gasteiger partial charge in [0.2, 0.25) is 5.91 Å². The van der Waals surface area contributed by atoms with Gasteiger partial charge >= 0.3 is 0 Å². The van der Waals surface area contributed by atoms with Crippen LogP contribution >= 0.6 is 11.3 Å². The number of rotatable bonds is 8. The maximum absolute atomic E-state index is 12.3. The molecule has 1 aromatic carbocycles. The maximum atomic E-state index is 12.3. The van der Waals surface area contributed by atoms with E-state index in [1.807, 2.05) is 0 Å². The molecule has 2 heterocycles. The molecule has 1 aromatic heterocycles. The number of nitrogens with two attached hydrogens (primary N) is 1. The van der Waals surface area contributed by atoms with Crippen LogP contribution in [0.1, 0.15) is 68.8 Å². The highest BCUT2D eigenvalue weighted by Crippen LogP contribution is 2.38. The predicted octanol–water partition coefficient (Wildman–Crippen LogP) is 3.49. The quantitative estimate of drug-likeness (QED) is 0.514. The number of benzene rings is 1.